The third kappa shape index (κ3) is 3.19. The molecule has 2 rings (SSSR count). The Hall–Kier alpha value is -0.120. The van der Waals surface area contributed by atoms with Gasteiger partial charge in [0.25, 0.3) is 0 Å². The van der Waals surface area contributed by atoms with Gasteiger partial charge in [-0.25, -0.2) is 0 Å². The molecular weight excluding hydrogens is 202 g/mol. The fraction of sp³-hybridized carbons (Fsp3) is 1.00. The van der Waals surface area contributed by atoms with Crippen molar-refractivity contribution < 1.29 is 9.47 Å². The van der Waals surface area contributed by atoms with Crippen LogP contribution in [-0.4, -0.2) is 39.0 Å². The number of nitrogens with one attached hydrogen (secondary N) is 1. The molecule has 1 N–H and O–H groups in total. The van der Waals surface area contributed by atoms with Crippen LogP contribution in [0.2, 0.25) is 0 Å². The molecular formula is C13H25NO2. The van der Waals surface area contributed by atoms with Gasteiger partial charge in [-0.3, -0.25) is 0 Å². The average Bonchev–Trinajstić information content (AvgIpc) is 2.38. The Kier molecular flexibility index (Phi) is 5.07. The van der Waals surface area contributed by atoms with Crippen molar-refractivity contribution in [2.45, 2.75) is 38.7 Å². The standard InChI is InChI=1S/C13H25NO2/c1-2-14-10-12-4-3-7-16-13(12)11-5-8-15-9-6-11/h11-14H,2-10H2,1H3. The van der Waals surface area contributed by atoms with E-state index in [0.29, 0.717) is 6.10 Å². The maximum absolute atomic E-state index is 6.03. The molecule has 0 aromatic rings. The quantitative estimate of drug-likeness (QED) is 0.794. The molecule has 2 aliphatic heterocycles. The maximum atomic E-state index is 6.03. The fourth-order valence-corrected chi connectivity index (χ4v) is 2.98. The molecule has 0 radical (unpaired) electrons. The molecule has 16 heavy (non-hydrogen) atoms. The van der Waals surface area contributed by atoms with Crippen molar-refractivity contribution in [2.24, 2.45) is 11.8 Å². The van der Waals surface area contributed by atoms with Crippen molar-refractivity contribution in [3.63, 3.8) is 0 Å². The summed E-state index contributed by atoms with van der Waals surface area (Å²) >= 11 is 0. The van der Waals surface area contributed by atoms with Crippen LogP contribution in [0.15, 0.2) is 0 Å². The van der Waals surface area contributed by atoms with Gasteiger partial charge in [0.05, 0.1) is 6.10 Å². The molecule has 0 bridgehead atoms. The van der Waals surface area contributed by atoms with Gasteiger partial charge in [-0.2, -0.15) is 0 Å². The zero-order valence-electron chi connectivity index (χ0n) is 10.4. The predicted molar refractivity (Wildman–Crippen MR) is 64.6 cm³/mol. The minimum atomic E-state index is 0.483. The van der Waals surface area contributed by atoms with Gasteiger partial charge in [0.2, 0.25) is 0 Å². The fourth-order valence-electron chi connectivity index (χ4n) is 2.98. The Bertz CT molecular complexity index is 192. The summed E-state index contributed by atoms with van der Waals surface area (Å²) in [7, 11) is 0. The molecule has 2 fully saturated rings. The molecule has 2 saturated heterocycles. The first-order valence-electron chi connectivity index (χ1n) is 6.82. The highest BCUT2D eigenvalue weighted by atomic mass is 16.5. The lowest BCUT2D eigenvalue weighted by Crippen LogP contribution is -2.43. The van der Waals surface area contributed by atoms with Gasteiger partial charge >= 0.3 is 0 Å². The van der Waals surface area contributed by atoms with Gasteiger partial charge in [0, 0.05) is 26.4 Å². The highest BCUT2D eigenvalue weighted by Crippen LogP contribution is 2.31. The number of hydrogen-bond acceptors (Lipinski definition) is 3. The van der Waals surface area contributed by atoms with Crippen LogP contribution in [0.5, 0.6) is 0 Å². The third-order valence-corrected chi connectivity index (χ3v) is 3.88. The van der Waals surface area contributed by atoms with Crippen molar-refractivity contribution in [3.05, 3.63) is 0 Å². The Morgan fingerprint density at radius 1 is 1.12 bits per heavy atom. The monoisotopic (exact) mass is 227 g/mol. The third-order valence-electron chi connectivity index (χ3n) is 3.88. The van der Waals surface area contributed by atoms with Gasteiger partial charge in [-0.05, 0) is 44.1 Å². The molecule has 2 heterocycles. The van der Waals surface area contributed by atoms with Gasteiger partial charge in [-0.1, -0.05) is 6.92 Å². The van der Waals surface area contributed by atoms with E-state index in [-0.39, 0.29) is 0 Å². The Balaban J connectivity index is 1.86. The van der Waals surface area contributed by atoms with E-state index in [4.69, 9.17) is 9.47 Å². The topological polar surface area (TPSA) is 30.5 Å². The summed E-state index contributed by atoms with van der Waals surface area (Å²) in [6.07, 6.45) is 5.42. The van der Waals surface area contributed by atoms with E-state index < -0.39 is 0 Å². The van der Waals surface area contributed by atoms with Crippen LogP contribution in [0.3, 0.4) is 0 Å². The van der Waals surface area contributed by atoms with Crippen LogP contribution in [0.1, 0.15) is 32.6 Å². The highest BCUT2D eigenvalue weighted by Gasteiger charge is 2.33. The summed E-state index contributed by atoms with van der Waals surface area (Å²) in [6, 6.07) is 0. The lowest BCUT2D eigenvalue weighted by Gasteiger charge is -2.38. The molecule has 3 nitrogen and oxygen atoms in total. The molecule has 94 valence electrons. The summed E-state index contributed by atoms with van der Waals surface area (Å²) in [5.74, 6) is 1.45. The lowest BCUT2D eigenvalue weighted by atomic mass is 9.82. The highest BCUT2D eigenvalue weighted by molar-refractivity contribution is 4.83. The Morgan fingerprint density at radius 2 is 1.94 bits per heavy atom. The van der Waals surface area contributed by atoms with E-state index in [9.17, 15) is 0 Å². The van der Waals surface area contributed by atoms with Gasteiger partial charge in [0.15, 0.2) is 0 Å². The van der Waals surface area contributed by atoms with Crippen molar-refractivity contribution >= 4 is 0 Å². The summed E-state index contributed by atoms with van der Waals surface area (Å²) in [4.78, 5) is 0. The second-order valence-corrected chi connectivity index (χ2v) is 5.00. The normalized spacial score (nSPS) is 32.8. The largest absolute Gasteiger partial charge is 0.381 e. The van der Waals surface area contributed by atoms with Crippen LogP contribution in [0.4, 0.5) is 0 Å². The SMILES string of the molecule is CCNCC1CCCOC1C1CCOCC1. The Labute approximate surface area is 98.9 Å². The van der Waals surface area contributed by atoms with Crippen molar-refractivity contribution in [2.75, 3.05) is 32.9 Å². The summed E-state index contributed by atoms with van der Waals surface area (Å²) < 4.78 is 11.5. The van der Waals surface area contributed by atoms with E-state index >= 15 is 0 Å². The molecule has 0 aromatic carbocycles. The molecule has 0 aliphatic carbocycles. The molecule has 2 aliphatic rings. The zero-order chi connectivity index (χ0) is 11.2. The minimum Gasteiger partial charge on any atom is -0.381 e. The van der Waals surface area contributed by atoms with Crippen LogP contribution < -0.4 is 5.32 Å². The predicted octanol–water partition coefficient (Wildman–Crippen LogP) is 1.82. The molecule has 2 atom stereocenters. The van der Waals surface area contributed by atoms with Crippen LogP contribution in [-0.2, 0) is 9.47 Å². The van der Waals surface area contributed by atoms with E-state index in [1.165, 1.54) is 25.7 Å². The second kappa shape index (κ2) is 6.58. The second-order valence-electron chi connectivity index (χ2n) is 5.00. The maximum Gasteiger partial charge on any atom is 0.0645 e. The van der Waals surface area contributed by atoms with Crippen LogP contribution in [0.25, 0.3) is 0 Å². The molecule has 2 unspecified atom stereocenters. The minimum absolute atomic E-state index is 0.483. The van der Waals surface area contributed by atoms with Crippen molar-refractivity contribution in [1.29, 1.82) is 0 Å². The first kappa shape index (κ1) is 12.3. The Morgan fingerprint density at radius 3 is 2.69 bits per heavy atom. The summed E-state index contributed by atoms with van der Waals surface area (Å²) in [5, 5.41) is 3.48. The van der Waals surface area contributed by atoms with Gasteiger partial charge in [-0.15, -0.1) is 0 Å². The lowest BCUT2D eigenvalue weighted by molar-refractivity contribution is -0.0857. The smallest absolute Gasteiger partial charge is 0.0645 e. The first-order valence-corrected chi connectivity index (χ1v) is 6.82. The van der Waals surface area contributed by atoms with E-state index in [2.05, 4.69) is 12.2 Å². The van der Waals surface area contributed by atoms with Crippen molar-refractivity contribution in [3.8, 4) is 0 Å². The number of ether oxygens (including phenoxy) is 2. The molecule has 0 amide bonds. The van der Waals surface area contributed by atoms with Crippen molar-refractivity contribution in [1.82, 2.24) is 5.32 Å². The van der Waals surface area contributed by atoms with E-state index in [1.54, 1.807) is 0 Å². The molecule has 3 heteroatoms. The van der Waals surface area contributed by atoms with Gasteiger partial charge < -0.3 is 14.8 Å². The van der Waals surface area contributed by atoms with E-state index in [0.717, 1.165) is 44.7 Å². The van der Waals surface area contributed by atoms with Crippen LogP contribution in [0, 0.1) is 11.8 Å². The van der Waals surface area contributed by atoms with E-state index in [1.807, 2.05) is 0 Å². The summed E-state index contributed by atoms with van der Waals surface area (Å²) in [6.45, 7) is 7.18. The summed E-state index contributed by atoms with van der Waals surface area (Å²) in [5.41, 5.74) is 0. The molecule has 0 aromatic heterocycles. The number of hydrogen-bond donors (Lipinski definition) is 1. The van der Waals surface area contributed by atoms with Gasteiger partial charge in [0.1, 0.15) is 0 Å². The molecule has 0 saturated carbocycles. The molecule has 0 spiro atoms. The zero-order valence-corrected chi connectivity index (χ0v) is 10.4. The first-order chi connectivity index (χ1) is 7.92. The number of rotatable bonds is 4. The van der Waals surface area contributed by atoms with Crippen LogP contribution >= 0.6 is 0 Å². The average molecular weight is 227 g/mol.